The number of rotatable bonds is 0. The second-order valence-electron chi connectivity index (χ2n) is 1.97. The van der Waals surface area contributed by atoms with E-state index in [-0.39, 0.29) is 74.0 Å². The van der Waals surface area contributed by atoms with Gasteiger partial charge >= 0.3 is 52.1 Å². The molecule has 0 spiro atoms. The smallest absolute Gasteiger partial charge is 2.00 e. The summed E-state index contributed by atoms with van der Waals surface area (Å²) in [5.74, 6) is -4.33. The Bertz CT molecular complexity index is 172. The zero-order chi connectivity index (χ0) is 14.3. The molecule has 0 aliphatic heterocycles. The molecule has 23 heavy (non-hydrogen) atoms. The monoisotopic (exact) mass is 456 g/mol. The summed E-state index contributed by atoms with van der Waals surface area (Å²) >= 11 is 0. The first-order valence-electron chi connectivity index (χ1n) is 3.63. The van der Waals surface area contributed by atoms with Crippen LogP contribution < -0.4 is 20.4 Å². The molecule has 134 valence electrons. The van der Waals surface area contributed by atoms with Gasteiger partial charge in [-0.2, -0.15) is 0 Å². The third-order valence-corrected chi connectivity index (χ3v) is 0. The number of carboxylic acid groups (broad SMARTS) is 4. The molecule has 0 aliphatic rings. The van der Waals surface area contributed by atoms with Crippen molar-refractivity contribution in [1.29, 1.82) is 0 Å². The fraction of sp³-hybridized carbons (Fsp3) is 0.500. The van der Waals surface area contributed by atoms with Crippen LogP contribution in [0, 0.1) is 0 Å². The first kappa shape index (κ1) is 79.2. The Morgan fingerprint density at radius 3 is 0.435 bits per heavy atom. The van der Waals surface area contributed by atoms with Gasteiger partial charge in [0.05, 0.1) is 0 Å². The normalized spacial score (nSPS) is 4.35. The fourth-order valence-electron chi connectivity index (χ4n) is 0. The Balaban J connectivity index is -0.00000000842. The van der Waals surface area contributed by atoms with Crippen molar-refractivity contribution < 1.29 is 114 Å². The van der Waals surface area contributed by atoms with Gasteiger partial charge in [-0.1, -0.05) is 0 Å². The van der Waals surface area contributed by atoms with Crippen LogP contribution >= 0.6 is 0 Å². The van der Waals surface area contributed by atoms with Crippen molar-refractivity contribution in [2.75, 3.05) is 0 Å². The SMILES string of the molecule is CC(=O)[O-].CC(=O)[O-].CC(=O)[O-].CC(=O)[O-].[Cr+4].[Cr+4].[Cr+4].[O-2].[O-2].[O-2].[O-2]. The second-order valence-corrected chi connectivity index (χ2v) is 1.97. The molecule has 0 aliphatic carbocycles. The van der Waals surface area contributed by atoms with Gasteiger partial charge in [0.1, 0.15) is 0 Å². The predicted octanol–water partition coefficient (Wildman–Crippen LogP) is -5.46. The van der Waals surface area contributed by atoms with E-state index in [1.54, 1.807) is 0 Å². The molecule has 0 saturated carbocycles. The summed E-state index contributed by atoms with van der Waals surface area (Å²) < 4.78 is 0. The van der Waals surface area contributed by atoms with E-state index in [4.69, 9.17) is 39.6 Å². The summed E-state index contributed by atoms with van der Waals surface area (Å²) in [5.41, 5.74) is 0. The molecule has 0 aromatic rings. The predicted molar refractivity (Wildman–Crippen MR) is 45.5 cm³/mol. The first-order valence-corrected chi connectivity index (χ1v) is 3.63. The van der Waals surface area contributed by atoms with Crippen LogP contribution in [0.3, 0.4) is 0 Å². The molecule has 12 nitrogen and oxygen atoms in total. The molecule has 0 saturated heterocycles. The minimum Gasteiger partial charge on any atom is -2.00 e. The molecular weight excluding hydrogens is 444 g/mol. The van der Waals surface area contributed by atoms with Gasteiger partial charge in [0.15, 0.2) is 0 Å². The zero-order valence-corrected chi connectivity index (χ0v) is 15.9. The van der Waals surface area contributed by atoms with E-state index in [9.17, 15) is 0 Å². The molecule has 0 N–H and O–H groups in total. The Hall–Kier alpha value is -0.683. The average molecular weight is 456 g/mol. The summed E-state index contributed by atoms with van der Waals surface area (Å²) in [5, 5.41) is 35.6. The van der Waals surface area contributed by atoms with Gasteiger partial charge in [-0.15, -0.1) is 0 Å². The Morgan fingerprint density at radius 1 is 0.435 bits per heavy atom. The van der Waals surface area contributed by atoms with E-state index < -0.39 is 23.9 Å². The van der Waals surface area contributed by atoms with Crippen LogP contribution in [-0.4, -0.2) is 23.9 Å². The van der Waals surface area contributed by atoms with Crippen molar-refractivity contribution in [3.8, 4) is 0 Å². The van der Waals surface area contributed by atoms with Gasteiger partial charge in [0.2, 0.25) is 0 Å². The molecule has 15 heteroatoms. The van der Waals surface area contributed by atoms with E-state index >= 15 is 0 Å². The molecule has 0 heterocycles. The van der Waals surface area contributed by atoms with Crippen molar-refractivity contribution in [3.05, 3.63) is 0 Å². The Labute approximate surface area is 165 Å². The summed E-state index contributed by atoms with van der Waals surface area (Å²) in [6.07, 6.45) is 0. The van der Waals surface area contributed by atoms with Crippen LogP contribution in [0.1, 0.15) is 27.7 Å². The van der Waals surface area contributed by atoms with E-state index in [0.29, 0.717) is 0 Å². The zero-order valence-electron chi connectivity index (χ0n) is 12.1. The van der Waals surface area contributed by atoms with Crippen molar-refractivity contribution in [2.24, 2.45) is 0 Å². The van der Waals surface area contributed by atoms with Crippen LogP contribution in [-0.2, 0) is 93.2 Å². The minimum absolute atomic E-state index is 0. The van der Waals surface area contributed by atoms with Crippen molar-refractivity contribution in [2.45, 2.75) is 27.7 Å². The molecular formula is C8H12Cr3O12. The van der Waals surface area contributed by atoms with Crippen LogP contribution in [0.5, 0.6) is 0 Å². The van der Waals surface area contributed by atoms with Crippen molar-refractivity contribution in [1.82, 2.24) is 0 Å². The molecule has 0 aromatic heterocycles. The maximum atomic E-state index is 8.89. The number of hydrogen-bond acceptors (Lipinski definition) is 8. The number of carbonyl (C=O) groups is 4. The van der Waals surface area contributed by atoms with Crippen molar-refractivity contribution >= 4 is 23.9 Å². The molecule has 0 bridgehead atoms. The summed E-state index contributed by atoms with van der Waals surface area (Å²) in [7, 11) is 0. The van der Waals surface area contributed by atoms with Crippen LogP contribution in [0.15, 0.2) is 0 Å². The molecule has 0 unspecified atom stereocenters. The van der Waals surface area contributed by atoms with Gasteiger partial charge in [0.25, 0.3) is 0 Å². The van der Waals surface area contributed by atoms with E-state index in [1.165, 1.54) is 0 Å². The summed E-state index contributed by atoms with van der Waals surface area (Å²) in [6.45, 7) is 3.89. The van der Waals surface area contributed by atoms with E-state index in [1.807, 2.05) is 0 Å². The molecule has 0 rings (SSSR count). The molecule has 0 amide bonds. The maximum Gasteiger partial charge on any atom is 4.00 e. The van der Waals surface area contributed by atoms with E-state index in [2.05, 4.69) is 0 Å². The molecule has 0 fully saturated rings. The van der Waals surface area contributed by atoms with Crippen LogP contribution in [0.4, 0.5) is 0 Å². The maximum absolute atomic E-state index is 8.89. The van der Waals surface area contributed by atoms with E-state index in [0.717, 1.165) is 27.7 Å². The molecule has 0 aromatic carbocycles. The van der Waals surface area contributed by atoms with Gasteiger partial charge in [-0.05, 0) is 27.7 Å². The second kappa shape index (κ2) is 68.7. The van der Waals surface area contributed by atoms with Crippen LogP contribution in [0.2, 0.25) is 0 Å². The van der Waals surface area contributed by atoms with Gasteiger partial charge in [-0.3, -0.25) is 0 Å². The number of carboxylic acids is 4. The standard InChI is InChI=1S/4C2H4O2.3Cr.4O/c4*1-2(3)4;;;;;;;/h4*1H3,(H,3,4);;;;;;;/q;;;;3*+4;4*-2/p-4. The molecule has 0 atom stereocenters. The Kier molecular flexibility index (Phi) is 237. The fourth-order valence-corrected chi connectivity index (χ4v) is 0. The van der Waals surface area contributed by atoms with Gasteiger partial charge < -0.3 is 61.5 Å². The number of aliphatic carboxylic acids is 4. The third kappa shape index (κ3) is 17100. The Morgan fingerprint density at radius 2 is 0.435 bits per heavy atom. The molecule has 0 radical (unpaired) electrons. The number of hydrogen-bond donors (Lipinski definition) is 0. The first-order chi connectivity index (χ1) is 6.93. The summed E-state index contributed by atoms with van der Waals surface area (Å²) in [4.78, 5) is 35.6. The minimum atomic E-state index is -1.08. The number of carbonyl (C=O) groups excluding carboxylic acids is 4. The largest absolute Gasteiger partial charge is 4.00 e. The van der Waals surface area contributed by atoms with Gasteiger partial charge in [0, 0.05) is 23.9 Å². The van der Waals surface area contributed by atoms with Gasteiger partial charge in [-0.25, -0.2) is 0 Å². The van der Waals surface area contributed by atoms with Crippen molar-refractivity contribution in [3.63, 3.8) is 0 Å². The average Bonchev–Trinajstić information content (AvgIpc) is 1.76. The van der Waals surface area contributed by atoms with Crippen LogP contribution in [0.25, 0.3) is 0 Å². The summed E-state index contributed by atoms with van der Waals surface area (Å²) in [6, 6.07) is 0. The quantitative estimate of drug-likeness (QED) is 0.338. The topological polar surface area (TPSA) is 275 Å². The third-order valence-electron chi connectivity index (χ3n) is 0.